The van der Waals surface area contributed by atoms with Crippen LogP contribution in [0.1, 0.15) is 24.1 Å². The number of hydrogen-bond acceptors (Lipinski definition) is 4. The van der Waals surface area contributed by atoms with E-state index in [1.165, 1.54) is 12.1 Å². The molecule has 1 aliphatic rings. The van der Waals surface area contributed by atoms with Gasteiger partial charge in [0.05, 0.1) is 16.5 Å². The first-order chi connectivity index (χ1) is 12.8. The minimum atomic E-state index is -3.31. The summed E-state index contributed by atoms with van der Waals surface area (Å²) in [6.45, 7) is 3.66. The maximum absolute atomic E-state index is 13.7. The van der Waals surface area contributed by atoms with E-state index in [-0.39, 0.29) is 11.1 Å². The third-order valence-corrected chi connectivity index (χ3v) is 6.36. The van der Waals surface area contributed by atoms with E-state index in [2.05, 4.69) is 9.71 Å². The lowest BCUT2D eigenvalue weighted by Crippen LogP contribution is -2.17. The number of pyridine rings is 1. The van der Waals surface area contributed by atoms with Crippen molar-refractivity contribution in [3.05, 3.63) is 59.5 Å². The number of aryl methyl sites for hydroxylation is 2. The van der Waals surface area contributed by atoms with Crippen LogP contribution in [0.3, 0.4) is 0 Å². The van der Waals surface area contributed by atoms with Gasteiger partial charge in [0.1, 0.15) is 17.3 Å². The topological polar surface area (TPSA) is 68.3 Å². The standard InChI is InChI=1S/C20H19FN2O3S/c1-12-9-15(4-8-18(12)23-27(24,25)16-5-6-16)26-20-10-13(2)22-19-7-3-14(21)11-17(19)20/h3-4,7-11,16,23H,5-6H2,1-2H3. The van der Waals surface area contributed by atoms with Gasteiger partial charge in [0, 0.05) is 17.1 Å². The van der Waals surface area contributed by atoms with Crippen molar-refractivity contribution in [2.45, 2.75) is 31.9 Å². The average molecular weight is 386 g/mol. The Labute approximate surface area is 157 Å². The Kier molecular flexibility index (Phi) is 4.26. The fourth-order valence-electron chi connectivity index (χ4n) is 2.93. The van der Waals surface area contributed by atoms with Crippen molar-refractivity contribution in [3.63, 3.8) is 0 Å². The summed E-state index contributed by atoms with van der Waals surface area (Å²) in [5.74, 6) is 0.680. The quantitative estimate of drug-likeness (QED) is 0.691. The van der Waals surface area contributed by atoms with Crippen molar-refractivity contribution in [1.82, 2.24) is 4.98 Å². The van der Waals surface area contributed by atoms with E-state index in [1.54, 1.807) is 30.3 Å². The fourth-order valence-corrected chi connectivity index (χ4v) is 4.39. The van der Waals surface area contributed by atoms with Crippen molar-refractivity contribution in [2.24, 2.45) is 0 Å². The summed E-state index contributed by atoms with van der Waals surface area (Å²) >= 11 is 0. The highest BCUT2D eigenvalue weighted by Gasteiger charge is 2.35. The summed E-state index contributed by atoms with van der Waals surface area (Å²) in [7, 11) is -3.31. The van der Waals surface area contributed by atoms with Crippen LogP contribution in [0.4, 0.5) is 10.1 Å². The zero-order valence-corrected chi connectivity index (χ0v) is 15.8. The number of sulfonamides is 1. The molecule has 2 aromatic carbocycles. The number of nitrogens with one attached hydrogen (secondary N) is 1. The molecule has 0 radical (unpaired) electrons. The Hall–Kier alpha value is -2.67. The molecule has 7 heteroatoms. The Balaban J connectivity index is 1.64. The summed E-state index contributed by atoms with van der Waals surface area (Å²) in [4.78, 5) is 4.39. The molecular formula is C20H19FN2O3S. The lowest BCUT2D eigenvalue weighted by molar-refractivity contribution is 0.486. The van der Waals surface area contributed by atoms with Crippen molar-refractivity contribution in [3.8, 4) is 11.5 Å². The van der Waals surface area contributed by atoms with Gasteiger partial charge in [-0.2, -0.15) is 0 Å². The molecule has 0 unspecified atom stereocenters. The largest absolute Gasteiger partial charge is 0.457 e. The second-order valence-corrected chi connectivity index (χ2v) is 8.81. The highest BCUT2D eigenvalue weighted by Crippen LogP contribution is 2.34. The smallest absolute Gasteiger partial charge is 0.235 e. The van der Waals surface area contributed by atoms with Gasteiger partial charge in [-0.15, -0.1) is 0 Å². The number of nitrogens with zero attached hydrogens (tertiary/aromatic N) is 1. The van der Waals surface area contributed by atoms with Crippen LogP contribution in [-0.2, 0) is 10.0 Å². The van der Waals surface area contributed by atoms with Gasteiger partial charge in [0.15, 0.2) is 0 Å². The van der Waals surface area contributed by atoms with Crippen LogP contribution in [0.25, 0.3) is 10.9 Å². The van der Waals surface area contributed by atoms with Crippen molar-refractivity contribution < 1.29 is 17.5 Å². The number of aromatic nitrogens is 1. The minimum Gasteiger partial charge on any atom is -0.457 e. The number of hydrogen-bond donors (Lipinski definition) is 1. The molecule has 0 saturated heterocycles. The van der Waals surface area contributed by atoms with Crippen molar-refractivity contribution >= 4 is 26.6 Å². The third-order valence-electron chi connectivity index (χ3n) is 4.50. The molecular weight excluding hydrogens is 367 g/mol. The first kappa shape index (κ1) is 17.7. The molecule has 140 valence electrons. The number of benzene rings is 2. The van der Waals surface area contributed by atoms with Gasteiger partial charge >= 0.3 is 0 Å². The molecule has 1 saturated carbocycles. The average Bonchev–Trinajstić information content (AvgIpc) is 3.43. The lowest BCUT2D eigenvalue weighted by atomic mass is 10.1. The van der Waals surface area contributed by atoms with Crippen molar-refractivity contribution in [1.29, 1.82) is 0 Å². The molecule has 1 N–H and O–H groups in total. The monoisotopic (exact) mass is 386 g/mol. The van der Waals surface area contributed by atoms with Crippen LogP contribution in [0.15, 0.2) is 42.5 Å². The Bertz CT molecular complexity index is 1140. The first-order valence-electron chi connectivity index (χ1n) is 8.69. The zero-order valence-electron chi connectivity index (χ0n) is 15.0. The van der Waals surface area contributed by atoms with Gasteiger partial charge in [-0.3, -0.25) is 9.71 Å². The second-order valence-electron chi connectivity index (χ2n) is 6.85. The Morgan fingerprint density at radius 2 is 1.89 bits per heavy atom. The fraction of sp³-hybridized carbons (Fsp3) is 0.250. The molecule has 0 spiro atoms. The second kappa shape index (κ2) is 6.49. The Morgan fingerprint density at radius 3 is 2.59 bits per heavy atom. The normalized spacial score (nSPS) is 14.3. The van der Waals surface area contributed by atoms with E-state index >= 15 is 0 Å². The molecule has 5 nitrogen and oxygen atoms in total. The molecule has 0 bridgehead atoms. The molecule has 27 heavy (non-hydrogen) atoms. The van der Waals surface area contributed by atoms with Gasteiger partial charge in [-0.05, 0) is 68.7 Å². The molecule has 0 atom stereocenters. The number of halogens is 1. The molecule has 3 aromatic rings. The van der Waals surface area contributed by atoms with Crippen LogP contribution >= 0.6 is 0 Å². The molecule has 0 amide bonds. The molecule has 1 heterocycles. The Morgan fingerprint density at radius 1 is 1.11 bits per heavy atom. The zero-order chi connectivity index (χ0) is 19.2. The third kappa shape index (κ3) is 3.73. The molecule has 1 aromatic heterocycles. The van der Waals surface area contributed by atoms with Gasteiger partial charge < -0.3 is 4.74 Å². The maximum Gasteiger partial charge on any atom is 0.235 e. The number of anilines is 1. The summed E-state index contributed by atoms with van der Waals surface area (Å²) < 4.78 is 46.5. The van der Waals surface area contributed by atoms with E-state index in [0.717, 1.165) is 11.3 Å². The van der Waals surface area contributed by atoms with Gasteiger partial charge in [-0.25, -0.2) is 12.8 Å². The highest BCUT2D eigenvalue weighted by atomic mass is 32.2. The summed E-state index contributed by atoms with van der Waals surface area (Å²) in [5, 5.41) is 0.297. The molecule has 1 aliphatic carbocycles. The van der Waals surface area contributed by atoms with Gasteiger partial charge in [-0.1, -0.05) is 0 Å². The van der Waals surface area contributed by atoms with E-state index in [4.69, 9.17) is 4.74 Å². The predicted octanol–water partition coefficient (Wildman–Crippen LogP) is 4.69. The summed E-state index contributed by atoms with van der Waals surface area (Å²) in [6, 6.07) is 11.3. The van der Waals surface area contributed by atoms with E-state index in [9.17, 15) is 12.8 Å². The summed E-state index contributed by atoms with van der Waals surface area (Å²) in [5.41, 5.74) is 2.70. The van der Waals surface area contributed by atoms with Gasteiger partial charge in [0.25, 0.3) is 0 Å². The van der Waals surface area contributed by atoms with Crippen LogP contribution in [0.5, 0.6) is 11.5 Å². The van der Waals surface area contributed by atoms with Crippen molar-refractivity contribution in [2.75, 3.05) is 4.72 Å². The van der Waals surface area contributed by atoms with E-state index < -0.39 is 10.0 Å². The number of ether oxygens (including phenoxy) is 1. The molecule has 4 rings (SSSR count). The van der Waals surface area contributed by atoms with E-state index in [0.29, 0.717) is 40.9 Å². The summed E-state index contributed by atoms with van der Waals surface area (Å²) in [6.07, 6.45) is 1.42. The predicted molar refractivity (Wildman–Crippen MR) is 103 cm³/mol. The maximum atomic E-state index is 13.7. The van der Waals surface area contributed by atoms with Gasteiger partial charge in [0.2, 0.25) is 10.0 Å². The minimum absolute atomic E-state index is 0.283. The molecule has 0 aliphatic heterocycles. The number of fused-ring (bicyclic) bond motifs is 1. The van der Waals surface area contributed by atoms with Crippen LogP contribution < -0.4 is 9.46 Å². The van der Waals surface area contributed by atoms with Crippen LogP contribution in [0, 0.1) is 19.7 Å². The first-order valence-corrected chi connectivity index (χ1v) is 10.2. The van der Waals surface area contributed by atoms with Crippen LogP contribution in [0.2, 0.25) is 0 Å². The highest BCUT2D eigenvalue weighted by molar-refractivity contribution is 7.93. The lowest BCUT2D eigenvalue weighted by Gasteiger charge is -2.13. The van der Waals surface area contributed by atoms with Crippen LogP contribution in [-0.4, -0.2) is 18.7 Å². The number of rotatable bonds is 5. The van der Waals surface area contributed by atoms with E-state index in [1.807, 2.05) is 13.8 Å². The molecule has 1 fully saturated rings. The SMILES string of the molecule is Cc1cc(Oc2ccc(NS(=O)(=O)C3CC3)c(C)c2)c2cc(F)ccc2n1.